The van der Waals surface area contributed by atoms with E-state index < -0.39 is 0 Å². The van der Waals surface area contributed by atoms with Crippen LogP contribution in [0.25, 0.3) is 0 Å². The van der Waals surface area contributed by atoms with Crippen LogP contribution in [0.5, 0.6) is 0 Å². The van der Waals surface area contributed by atoms with Gasteiger partial charge in [-0.15, -0.1) is 10.2 Å². The smallest absolute Gasteiger partial charge is 0.230 e. The second-order valence-electron chi connectivity index (χ2n) is 6.91. The van der Waals surface area contributed by atoms with Gasteiger partial charge >= 0.3 is 0 Å². The molecule has 1 aromatic heterocycles. The highest BCUT2D eigenvalue weighted by Crippen LogP contribution is 2.33. The van der Waals surface area contributed by atoms with E-state index in [0.29, 0.717) is 11.7 Å². The van der Waals surface area contributed by atoms with Gasteiger partial charge in [0.2, 0.25) is 5.91 Å². The summed E-state index contributed by atoms with van der Waals surface area (Å²) in [4.78, 5) is 12.3. The number of nitrogens with one attached hydrogen (secondary N) is 1. The normalized spacial score (nSPS) is 16.4. The van der Waals surface area contributed by atoms with Crippen LogP contribution < -0.4 is 5.32 Å². The predicted molar refractivity (Wildman–Crippen MR) is 105 cm³/mol. The fourth-order valence-electron chi connectivity index (χ4n) is 3.61. The number of aromatic nitrogens is 3. The van der Waals surface area contributed by atoms with Crippen molar-refractivity contribution in [2.75, 3.05) is 5.75 Å². The monoisotopic (exact) mass is 372 g/mol. The Hall–Kier alpha value is -1.82. The van der Waals surface area contributed by atoms with E-state index in [2.05, 4.69) is 27.0 Å². The number of carbonyl (C=O) groups excluding carboxylic acids is 1. The van der Waals surface area contributed by atoms with Crippen molar-refractivity contribution < 1.29 is 4.79 Å². The maximum atomic E-state index is 12.3. The van der Waals surface area contributed by atoms with Gasteiger partial charge < -0.3 is 9.88 Å². The molecule has 6 heteroatoms. The molecule has 2 aromatic rings. The summed E-state index contributed by atoms with van der Waals surface area (Å²) in [5, 5.41) is 12.7. The van der Waals surface area contributed by atoms with E-state index in [1.165, 1.54) is 43.9 Å². The van der Waals surface area contributed by atoms with E-state index in [1.807, 2.05) is 37.3 Å². The molecule has 0 saturated heterocycles. The average molecular weight is 373 g/mol. The average Bonchev–Trinajstić information content (AvgIpc) is 3.10. The molecule has 1 atom stereocenters. The first-order chi connectivity index (χ1) is 12.7. The van der Waals surface area contributed by atoms with E-state index in [9.17, 15) is 4.79 Å². The highest BCUT2D eigenvalue weighted by atomic mass is 32.2. The largest absolute Gasteiger partial charge is 0.349 e. The lowest BCUT2D eigenvalue weighted by Crippen LogP contribution is -2.28. The second kappa shape index (κ2) is 9.21. The molecule has 26 heavy (non-hydrogen) atoms. The Morgan fingerprint density at radius 1 is 1.23 bits per heavy atom. The third-order valence-corrected chi connectivity index (χ3v) is 6.01. The fourth-order valence-corrected chi connectivity index (χ4v) is 4.43. The van der Waals surface area contributed by atoms with Crippen molar-refractivity contribution in [3.05, 3.63) is 41.7 Å². The fraction of sp³-hybridized carbons (Fsp3) is 0.550. The highest BCUT2D eigenvalue weighted by molar-refractivity contribution is 7.99. The third kappa shape index (κ3) is 4.67. The molecule has 1 N–H and O–H groups in total. The molecule has 0 aliphatic heterocycles. The molecular formula is C20H28N4OS. The van der Waals surface area contributed by atoms with Crippen LogP contribution in [-0.4, -0.2) is 26.4 Å². The van der Waals surface area contributed by atoms with Crippen molar-refractivity contribution >= 4 is 17.7 Å². The van der Waals surface area contributed by atoms with Gasteiger partial charge in [0.25, 0.3) is 0 Å². The Bertz CT molecular complexity index is 710. The Labute approximate surface area is 160 Å². The molecule has 1 saturated carbocycles. The molecule has 1 aliphatic rings. The quantitative estimate of drug-likeness (QED) is 0.736. The minimum absolute atomic E-state index is 0.00569. The lowest BCUT2D eigenvalue weighted by Gasteiger charge is -2.21. The van der Waals surface area contributed by atoms with Crippen LogP contribution in [0.4, 0.5) is 0 Å². The van der Waals surface area contributed by atoms with Gasteiger partial charge in [0.05, 0.1) is 11.8 Å². The maximum Gasteiger partial charge on any atom is 0.230 e. The van der Waals surface area contributed by atoms with Crippen LogP contribution >= 0.6 is 11.8 Å². The number of benzene rings is 1. The number of nitrogens with zero attached hydrogens (tertiary/aromatic N) is 3. The molecule has 1 unspecified atom stereocenters. The molecular weight excluding hydrogens is 344 g/mol. The summed E-state index contributed by atoms with van der Waals surface area (Å²) in [6.45, 7) is 4.98. The van der Waals surface area contributed by atoms with Gasteiger partial charge in [-0.25, -0.2) is 0 Å². The molecule has 1 aromatic carbocycles. The minimum atomic E-state index is 0.00569. The van der Waals surface area contributed by atoms with E-state index in [1.54, 1.807) is 0 Å². The first kappa shape index (κ1) is 19.0. The molecule has 5 nitrogen and oxygen atoms in total. The lowest BCUT2D eigenvalue weighted by atomic mass is 9.89. The summed E-state index contributed by atoms with van der Waals surface area (Å²) in [5.41, 5.74) is 1.11. The second-order valence-corrected chi connectivity index (χ2v) is 7.85. The van der Waals surface area contributed by atoms with E-state index in [0.717, 1.165) is 23.1 Å². The van der Waals surface area contributed by atoms with Crippen molar-refractivity contribution in [1.82, 2.24) is 20.1 Å². The van der Waals surface area contributed by atoms with Crippen molar-refractivity contribution in [1.29, 1.82) is 0 Å². The van der Waals surface area contributed by atoms with Gasteiger partial charge in [-0.3, -0.25) is 4.79 Å². The minimum Gasteiger partial charge on any atom is -0.349 e. The molecule has 1 aliphatic carbocycles. The van der Waals surface area contributed by atoms with Gasteiger partial charge in [-0.1, -0.05) is 61.4 Å². The number of rotatable bonds is 7. The van der Waals surface area contributed by atoms with Crippen LogP contribution in [0, 0.1) is 0 Å². The summed E-state index contributed by atoms with van der Waals surface area (Å²) < 4.78 is 2.19. The molecule has 0 spiro atoms. The Kier molecular flexibility index (Phi) is 6.72. The van der Waals surface area contributed by atoms with Gasteiger partial charge in [-0.05, 0) is 32.3 Å². The molecule has 0 radical (unpaired) electrons. The summed E-state index contributed by atoms with van der Waals surface area (Å²) in [7, 11) is 0. The highest BCUT2D eigenvalue weighted by Gasteiger charge is 2.23. The van der Waals surface area contributed by atoms with Crippen molar-refractivity contribution in [2.24, 2.45) is 0 Å². The Morgan fingerprint density at radius 2 is 1.96 bits per heavy atom. The van der Waals surface area contributed by atoms with Crippen molar-refractivity contribution in [3.63, 3.8) is 0 Å². The van der Waals surface area contributed by atoms with E-state index >= 15 is 0 Å². The number of hydrogen-bond acceptors (Lipinski definition) is 4. The maximum absolute atomic E-state index is 12.3. The zero-order valence-electron chi connectivity index (χ0n) is 15.6. The lowest BCUT2D eigenvalue weighted by molar-refractivity contribution is -0.119. The molecule has 140 valence electrons. The van der Waals surface area contributed by atoms with Crippen LogP contribution in [0.1, 0.15) is 69.3 Å². The topological polar surface area (TPSA) is 59.8 Å². The number of carbonyl (C=O) groups is 1. The number of hydrogen-bond donors (Lipinski definition) is 1. The first-order valence-corrected chi connectivity index (χ1v) is 10.6. The van der Waals surface area contributed by atoms with Crippen molar-refractivity contribution in [2.45, 2.75) is 69.6 Å². The van der Waals surface area contributed by atoms with Gasteiger partial charge in [0.15, 0.2) is 5.16 Å². The summed E-state index contributed by atoms with van der Waals surface area (Å²) in [6, 6.07) is 10.0. The van der Waals surface area contributed by atoms with E-state index in [4.69, 9.17) is 0 Å². The van der Waals surface area contributed by atoms with Gasteiger partial charge in [-0.2, -0.15) is 0 Å². The first-order valence-electron chi connectivity index (χ1n) is 9.59. The SMILES string of the molecule is CCn1c(SCC(=O)NC(C)c2ccccc2)nnc1C1CCCCC1. The zero-order valence-corrected chi connectivity index (χ0v) is 16.5. The van der Waals surface area contributed by atoms with Crippen LogP contribution in [0.2, 0.25) is 0 Å². The Balaban J connectivity index is 1.57. The predicted octanol–water partition coefficient (Wildman–Crippen LogP) is 4.32. The molecule has 1 heterocycles. The van der Waals surface area contributed by atoms with Crippen LogP contribution in [0.15, 0.2) is 35.5 Å². The van der Waals surface area contributed by atoms with Gasteiger partial charge in [0, 0.05) is 12.5 Å². The van der Waals surface area contributed by atoms with E-state index in [-0.39, 0.29) is 11.9 Å². The Morgan fingerprint density at radius 3 is 2.65 bits per heavy atom. The summed E-state index contributed by atoms with van der Waals surface area (Å²) in [6.07, 6.45) is 6.31. The van der Waals surface area contributed by atoms with Crippen LogP contribution in [0.3, 0.4) is 0 Å². The zero-order chi connectivity index (χ0) is 18.4. The number of amides is 1. The number of thioether (sulfide) groups is 1. The third-order valence-electron chi connectivity index (χ3n) is 5.04. The van der Waals surface area contributed by atoms with Gasteiger partial charge in [0.1, 0.15) is 5.82 Å². The summed E-state index contributed by atoms with van der Waals surface area (Å²) in [5.74, 6) is 2.02. The van der Waals surface area contributed by atoms with Crippen LogP contribution in [-0.2, 0) is 11.3 Å². The van der Waals surface area contributed by atoms with Crippen molar-refractivity contribution in [3.8, 4) is 0 Å². The molecule has 0 bridgehead atoms. The standard InChI is InChI=1S/C20H28N4OS/c1-3-24-19(17-12-8-5-9-13-17)22-23-20(24)26-14-18(25)21-15(2)16-10-6-4-7-11-16/h4,6-7,10-11,15,17H,3,5,8-9,12-14H2,1-2H3,(H,21,25). The molecule has 1 amide bonds. The molecule has 1 fully saturated rings. The summed E-state index contributed by atoms with van der Waals surface area (Å²) >= 11 is 1.48. The molecule has 3 rings (SSSR count).